The molecule has 1 aliphatic heterocycles. The Balaban J connectivity index is 1.76. The Kier molecular flexibility index (Phi) is 6.74. The molecule has 7 nitrogen and oxygen atoms in total. The number of rotatable bonds is 9. The van der Waals surface area contributed by atoms with Crippen molar-refractivity contribution in [2.75, 3.05) is 6.54 Å². The largest absolute Gasteiger partial charge is 0.489 e. The molecule has 1 amide bonds. The summed E-state index contributed by atoms with van der Waals surface area (Å²) in [6.07, 6.45) is 0.628. The molecule has 7 heteroatoms. The van der Waals surface area contributed by atoms with E-state index in [0.717, 1.165) is 5.56 Å². The highest BCUT2D eigenvalue weighted by molar-refractivity contribution is 5.93. The fourth-order valence-corrected chi connectivity index (χ4v) is 3.86. The molecule has 1 heterocycles. The molecule has 3 rings (SSSR count). The lowest BCUT2D eigenvalue weighted by Crippen LogP contribution is -2.51. The minimum atomic E-state index is -1.36. The van der Waals surface area contributed by atoms with Gasteiger partial charge in [-0.15, -0.1) is 0 Å². The molecule has 30 heavy (non-hydrogen) atoms. The van der Waals surface area contributed by atoms with Gasteiger partial charge in [0.2, 0.25) is 0 Å². The van der Waals surface area contributed by atoms with Crippen molar-refractivity contribution in [1.82, 2.24) is 10.4 Å². The van der Waals surface area contributed by atoms with Crippen LogP contribution in [0.5, 0.6) is 5.75 Å². The highest BCUT2D eigenvalue weighted by Gasteiger charge is 2.51. The number of benzene rings is 2. The van der Waals surface area contributed by atoms with Gasteiger partial charge >= 0.3 is 5.97 Å². The fourth-order valence-electron chi connectivity index (χ4n) is 3.86. The molecule has 0 radical (unpaired) electrons. The normalized spacial score (nSPS) is 19.9. The number of aliphatic carboxylic acids is 1. The van der Waals surface area contributed by atoms with Crippen LogP contribution in [-0.4, -0.2) is 39.7 Å². The van der Waals surface area contributed by atoms with Gasteiger partial charge < -0.3 is 20.0 Å². The second-order valence-corrected chi connectivity index (χ2v) is 8.05. The third-order valence-corrected chi connectivity index (χ3v) is 5.50. The summed E-state index contributed by atoms with van der Waals surface area (Å²) in [6, 6.07) is 15.8. The monoisotopic (exact) mass is 412 g/mol. The lowest BCUT2D eigenvalue weighted by Gasteiger charge is -2.30. The zero-order valence-electron chi connectivity index (χ0n) is 17.2. The molecule has 2 atom stereocenters. The van der Waals surface area contributed by atoms with Gasteiger partial charge in [-0.3, -0.25) is 4.79 Å². The Hall–Kier alpha value is -2.90. The number of carbonyl (C=O) groups excluding carboxylic acids is 1. The SMILES string of the molecule is CC(C)C[C@H](C(=O)O)N1CC[C@@](NO)(c2ccc(OCc3ccccc3)cc2)C1=O. The molecular formula is C23H28N2O5. The summed E-state index contributed by atoms with van der Waals surface area (Å²) in [5.41, 5.74) is 2.43. The van der Waals surface area contributed by atoms with Gasteiger partial charge in [0, 0.05) is 6.54 Å². The van der Waals surface area contributed by atoms with Gasteiger partial charge in [-0.05, 0) is 42.0 Å². The van der Waals surface area contributed by atoms with Crippen molar-refractivity contribution in [3.05, 3.63) is 65.7 Å². The maximum Gasteiger partial charge on any atom is 0.326 e. The first kappa shape index (κ1) is 21.8. The van der Waals surface area contributed by atoms with Gasteiger partial charge in [0.1, 0.15) is 23.9 Å². The number of nitrogens with zero attached hydrogens (tertiary/aromatic N) is 1. The minimum absolute atomic E-state index is 0.122. The lowest BCUT2D eigenvalue weighted by atomic mass is 9.89. The van der Waals surface area contributed by atoms with Crippen molar-refractivity contribution in [2.45, 2.75) is 44.9 Å². The molecule has 1 fully saturated rings. The minimum Gasteiger partial charge on any atom is -0.489 e. The van der Waals surface area contributed by atoms with Crippen LogP contribution < -0.4 is 10.2 Å². The molecule has 160 valence electrons. The van der Waals surface area contributed by atoms with Crippen molar-refractivity contribution in [2.24, 2.45) is 5.92 Å². The fraction of sp³-hybridized carbons (Fsp3) is 0.391. The number of carboxylic acid groups (broad SMARTS) is 1. The van der Waals surface area contributed by atoms with Crippen LogP contribution >= 0.6 is 0 Å². The van der Waals surface area contributed by atoms with Gasteiger partial charge in [-0.25, -0.2) is 4.79 Å². The zero-order valence-corrected chi connectivity index (χ0v) is 17.2. The molecule has 0 bridgehead atoms. The number of amides is 1. The highest BCUT2D eigenvalue weighted by Crippen LogP contribution is 2.36. The molecule has 1 saturated heterocycles. The number of hydrogen-bond donors (Lipinski definition) is 3. The van der Waals surface area contributed by atoms with Crippen molar-refractivity contribution < 1.29 is 24.6 Å². The molecular weight excluding hydrogens is 384 g/mol. The Morgan fingerprint density at radius 2 is 1.83 bits per heavy atom. The number of ether oxygens (including phenoxy) is 1. The number of hydrogen-bond acceptors (Lipinski definition) is 5. The topological polar surface area (TPSA) is 99.1 Å². The summed E-state index contributed by atoms with van der Waals surface area (Å²) >= 11 is 0. The van der Waals surface area contributed by atoms with Gasteiger partial charge in [-0.1, -0.05) is 56.3 Å². The number of carbonyl (C=O) groups is 2. The third-order valence-electron chi connectivity index (χ3n) is 5.50. The van der Waals surface area contributed by atoms with Crippen LogP contribution in [0.3, 0.4) is 0 Å². The van der Waals surface area contributed by atoms with E-state index in [2.05, 4.69) is 5.48 Å². The van der Waals surface area contributed by atoms with E-state index >= 15 is 0 Å². The number of hydroxylamine groups is 1. The quantitative estimate of drug-likeness (QED) is 0.547. The van der Waals surface area contributed by atoms with Gasteiger partial charge in [0.05, 0.1) is 0 Å². The number of carboxylic acids is 1. The molecule has 0 aromatic heterocycles. The van der Waals surface area contributed by atoms with Crippen LogP contribution in [0.1, 0.15) is 37.8 Å². The Morgan fingerprint density at radius 1 is 1.17 bits per heavy atom. The average molecular weight is 412 g/mol. The first-order chi connectivity index (χ1) is 14.4. The van der Waals surface area contributed by atoms with Crippen LogP contribution in [0, 0.1) is 5.92 Å². The van der Waals surface area contributed by atoms with Crippen molar-refractivity contribution >= 4 is 11.9 Å². The summed E-state index contributed by atoms with van der Waals surface area (Å²) in [4.78, 5) is 26.3. The first-order valence-corrected chi connectivity index (χ1v) is 10.1. The molecule has 3 N–H and O–H groups in total. The lowest BCUT2D eigenvalue weighted by molar-refractivity contribution is -0.152. The molecule has 0 unspecified atom stereocenters. The van der Waals surface area contributed by atoms with Gasteiger partial charge in [-0.2, -0.15) is 5.48 Å². The Morgan fingerprint density at radius 3 is 2.40 bits per heavy atom. The van der Waals surface area contributed by atoms with Crippen molar-refractivity contribution in [3.8, 4) is 5.75 Å². The summed E-state index contributed by atoms with van der Waals surface area (Å²) in [7, 11) is 0. The van der Waals surface area contributed by atoms with E-state index in [-0.39, 0.29) is 18.9 Å². The van der Waals surface area contributed by atoms with Crippen molar-refractivity contribution in [1.29, 1.82) is 0 Å². The predicted octanol–water partition coefficient (Wildman–Crippen LogP) is 3.17. The van der Waals surface area contributed by atoms with E-state index in [0.29, 0.717) is 24.3 Å². The van der Waals surface area contributed by atoms with E-state index in [1.165, 1.54) is 4.90 Å². The van der Waals surface area contributed by atoms with E-state index < -0.39 is 23.5 Å². The molecule has 0 spiro atoms. The van der Waals surface area contributed by atoms with Crippen LogP contribution in [0.15, 0.2) is 54.6 Å². The maximum absolute atomic E-state index is 13.2. The van der Waals surface area contributed by atoms with E-state index in [9.17, 15) is 19.9 Å². The second-order valence-electron chi connectivity index (χ2n) is 8.05. The standard InChI is InChI=1S/C23H28N2O5/c1-16(2)14-20(21(26)27)25-13-12-23(24-29,22(25)28)18-8-10-19(11-9-18)30-15-17-6-4-3-5-7-17/h3-11,16,20,24,29H,12-15H2,1-2H3,(H,26,27)/t20-,23-/m1/s1. The second kappa shape index (κ2) is 9.28. The van der Waals surface area contributed by atoms with Crippen LogP contribution in [0.2, 0.25) is 0 Å². The maximum atomic E-state index is 13.2. The summed E-state index contributed by atoms with van der Waals surface area (Å²) in [5.74, 6) is -0.704. The summed E-state index contributed by atoms with van der Waals surface area (Å²) in [5, 5.41) is 19.5. The van der Waals surface area contributed by atoms with Crippen LogP contribution in [0.4, 0.5) is 0 Å². The van der Waals surface area contributed by atoms with E-state index in [1.807, 2.05) is 44.2 Å². The molecule has 0 saturated carbocycles. The smallest absolute Gasteiger partial charge is 0.326 e. The Bertz CT molecular complexity index is 869. The zero-order chi connectivity index (χ0) is 21.7. The molecule has 0 aliphatic carbocycles. The number of likely N-dealkylation sites (tertiary alicyclic amines) is 1. The van der Waals surface area contributed by atoms with Gasteiger partial charge in [0.25, 0.3) is 5.91 Å². The average Bonchev–Trinajstić information content (AvgIpc) is 3.08. The number of nitrogens with one attached hydrogen (secondary N) is 1. The van der Waals surface area contributed by atoms with E-state index in [1.54, 1.807) is 24.3 Å². The summed E-state index contributed by atoms with van der Waals surface area (Å²) in [6.45, 7) is 4.51. The molecule has 1 aliphatic rings. The predicted molar refractivity (Wildman–Crippen MR) is 111 cm³/mol. The van der Waals surface area contributed by atoms with Crippen LogP contribution in [0.25, 0.3) is 0 Å². The van der Waals surface area contributed by atoms with Crippen molar-refractivity contribution in [3.63, 3.8) is 0 Å². The van der Waals surface area contributed by atoms with Crippen LogP contribution in [-0.2, 0) is 21.7 Å². The molecule has 2 aromatic rings. The third kappa shape index (κ3) is 4.47. The summed E-state index contributed by atoms with van der Waals surface area (Å²) < 4.78 is 5.78. The Labute approximate surface area is 176 Å². The first-order valence-electron chi connectivity index (χ1n) is 10.1. The van der Waals surface area contributed by atoms with E-state index in [4.69, 9.17) is 4.74 Å². The highest BCUT2D eigenvalue weighted by atomic mass is 16.5. The molecule has 2 aromatic carbocycles. The van der Waals surface area contributed by atoms with Gasteiger partial charge in [0.15, 0.2) is 0 Å².